The lowest BCUT2D eigenvalue weighted by Gasteiger charge is -2.05. The number of benzene rings is 1. The van der Waals surface area contributed by atoms with Gasteiger partial charge in [-0.25, -0.2) is 0 Å². The molecule has 1 aromatic carbocycles. The van der Waals surface area contributed by atoms with Crippen molar-refractivity contribution in [3.63, 3.8) is 0 Å². The summed E-state index contributed by atoms with van der Waals surface area (Å²) in [4.78, 5) is 12.3. The minimum absolute atomic E-state index is 0.773. The van der Waals surface area contributed by atoms with Gasteiger partial charge in [-0.3, -0.25) is 4.79 Å². The van der Waals surface area contributed by atoms with Crippen molar-refractivity contribution in [1.82, 2.24) is 0 Å². The van der Waals surface area contributed by atoms with Crippen LogP contribution in [0.4, 0.5) is 0 Å². The Hall–Kier alpha value is -1.67. The molecule has 3 rings (SSSR count). The van der Waals surface area contributed by atoms with Crippen molar-refractivity contribution >= 4 is 23.2 Å². The minimum Gasteiger partial charge on any atom is -0.298 e. The first kappa shape index (κ1) is 9.55. The Balaban J connectivity index is 2.16. The van der Waals surface area contributed by atoms with E-state index in [0.29, 0.717) is 0 Å². The molecule has 0 bridgehead atoms. The molecule has 0 spiro atoms. The van der Waals surface area contributed by atoms with E-state index in [1.165, 1.54) is 16.0 Å². The van der Waals surface area contributed by atoms with Gasteiger partial charge >= 0.3 is 0 Å². The molecule has 0 radical (unpaired) electrons. The van der Waals surface area contributed by atoms with Crippen LogP contribution in [0.5, 0.6) is 0 Å². The standard InChI is InChI=1S/C14H10OS/c15-9-11-3-1-2-4-12(11)13-6-5-10-7-8-16-14(10)13/h1-4,6-9H,5H2. The van der Waals surface area contributed by atoms with E-state index in [0.717, 1.165) is 23.8 Å². The topological polar surface area (TPSA) is 17.1 Å². The predicted molar refractivity (Wildman–Crippen MR) is 66.9 cm³/mol. The fraction of sp³-hybridized carbons (Fsp3) is 0.0714. The third-order valence-electron chi connectivity index (χ3n) is 2.90. The largest absolute Gasteiger partial charge is 0.298 e. The van der Waals surface area contributed by atoms with Crippen molar-refractivity contribution in [3.8, 4) is 0 Å². The van der Waals surface area contributed by atoms with E-state index in [1.807, 2.05) is 24.3 Å². The maximum atomic E-state index is 11.0. The molecule has 16 heavy (non-hydrogen) atoms. The lowest BCUT2D eigenvalue weighted by Crippen LogP contribution is -1.90. The molecule has 1 nitrogen and oxygen atoms in total. The summed E-state index contributed by atoms with van der Waals surface area (Å²) in [7, 11) is 0. The Morgan fingerprint density at radius 2 is 2.06 bits per heavy atom. The predicted octanol–water partition coefficient (Wildman–Crippen LogP) is 3.55. The van der Waals surface area contributed by atoms with E-state index in [2.05, 4.69) is 17.5 Å². The van der Waals surface area contributed by atoms with Crippen molar-refractivity contribution < 1.29 is 4.79 Å². The van der Waals surface area contributed by atoms with E-state index in [1.54, 1.807) is 11.3 Å². The highest BCUT2D eigenvalue weighted by Crippen LogP contribution is 2.37. The number of aldehydes is 1. The molecule has 0 unspecified atom stereocenters. The molecule has 0 aliphatic heterocycles. The van der Waals surface area contributed by atoms with Gasteiger partial charge in [-0.1, -0.05) is 30.3 Å². The van der Waals surface area contributed by atoms with Crippen LogP contribution in [-0.2, 0) is 6.42 Å². The summed E-state index contributed by atoms with van der Waals surface area (Å²) in [6.45, 7) is 0. The molecule has 0 atom stereocenters. The molecule has 0 amide bonds. The van der Waals surface area contributed by atoms with Crippen LogP contribution in [0.15, 0.2) is 41.8 Å². The first-order valence-electron chi connectivity index (χ1n) is 5.21. The normalized spacial score (nSPS) is 13.4. The zero-order valence-corrected chi connectivity index (χ0v) is 9.46. The van der Waals surface area contributed by atoms with Crippen LogP contribution in [0.25, 0.3) is 5.57 Å². The van der Waals surface area contributed by atoms with E-state index in [4.69, 9.17) is 0 Å². The smallest absolute Gasteiger partial charge is 0.150 e. The van der Waals surface area contributed by atoms with Crippen molar-refractivity contribution in [1.29, 1.82) is 0 Å². The van der Waals surface area contributed by atoms with Crippen molar-refractivity contribution in [2.24, 2.45) is 0 Å². The molecule has 78 valence electrons. The van der Waals surface area contributed by atoms with E-state index in [-0.39, 0.29) is 0 Å². The van der Waals surface area contributed by atoms with Crippen molar-refractivity contribution in [2.75, 3.05) is 0 Å². The molecule has 0 saturated heterocycles. The zero-order chi connectivity index (χ0) is 11.0. The average molecular weight is 226 g/mol. The third-order valence-corrected chi connectivity index (χ3v) is 3.89. The summed E-state index contributed by atoms with van der Waals surface area (Å²) in [5.74, 6) is 0. The maximum Gasteiger partial charge on any atom is 0.150 e. The summed E-state index contributed by atoms with van der Waals surface area (Å²) in [5, 5.41) is 2.11. The Bertz CT molecular complexity index is 578. The third kappa shape index (κ3) is 1.34. The molecule has 2 heteroatoms. The summed E-state index contributed by atoms with van der Waals surface area (Å²) in [5.41, 5.74) is 4.42. The highest BCUT2D eigenvalue weighted by molar-refractivity contribution is 7.11. The fourth-order valence-corrected chi connectivity index (χ4v) is 3.11. The van der Waals surface area contributed by atoms with Gasteiger partial charge in [-0.15, -0.1) is 11.3 Å². The number of hydrogen-bond acceptors (Lipinski definition) is 2. The Morgan fingerprint density at radius 3 is 2.94 bits per heavy atom. The Labute approximate surface area is 98.1 Å². The molecule has 1 aliphatic rings. The van der Waals surface area contributed by atoms with Crippen molar-refractivity contribution in [3.05, 3.63) is 63.4 Å². The monoisotopic (exact) mass is 226 g/mol. The van der Waals surface area contributed by atoms with Crippen LogP contribution in [0.3, 0.4) is 0 Å². The lowest BCUT2D eigenvalue weighted by molar-refractivity contribution is 0.112. The average Bonchev–Trinajstić information content (AvgIpc) is 2.91. The van der Waals surface area contributed by atoms with Crippen LogP contribution in [0.1, 0.15) is 26.4 Å². The van der Waals surface area contributed by atoms with Gasteiger partial charge in [0.25, 0.3) is 0 Å². The molecule has 0 N–H and O–H groups in total. The fourth-order valence-electron chi connectivity index (χ4n) is 2.11. The molecule has 1 heterocycles. The van der Waals surface area contributed by atoms with Crippen LogP contribution in [-0.4, -0.2) is 6.29 Å². The number of carbonyl (C=O) groups is 1. The number of hydrogen-bond donors (Lipinski definition) is 0. The summed E-state index contributed by atoms with van der Waals surface area (Å²) >= 11 is 1.75. The van der Waals surface area contributed by atoms with Crippen LogP contribution in [0, 0.1) is 0 Å². The number of thiophene rings is 1. The second-order valence-corrected chi connectivity index (χ2v) is 4.72. The van der Waals surface area contributed by atoms with Gasteiger partial charge in [0.1, 0.15) is 0 Å². The van der Waals surface area contributed by atoms with Gasteiger partial charge in [0.2, 0.25) is 0 Å². The lowest BCUT2D eigenvalue weighted by atomic mass is 10.0. The van der Waals surface area contributed by atoms with Gasteiger partial charge in [0.15, 0.2) is 6.29 Å². The second kappa shape index (κ2) is 3.72. The van der Waals surface area contributed by atoms with Crippen LogP contribution < -0.4 is 0 Å². The van der Waals surface area contributed by atoms with E-state index in [9.17, 15) is 4.79 Å². The highest BCUT2D eigenvalue weighted by Gasteiger charge is 2.18. The Kier molecular flexibility index (Phi) is 2.22. The summed E-state index contributed by atoms with van der Waals surface area (Å²) in [6, 6.07) is 9.93. The number of carbonyl (C=O) groups excluding carboxylic acids is 1. The summed E-state index contributed by atoms with van der Waals surface area (Å²) < 4.78 is 0. The second-order valence-electron chi connectivity index (χ2n) is 3.80. The molecule has 2 aromatic rings. The van der Waals surface area contributed by atoms with Gasteiger partial charge in [0.05, 0.1) is 0 Å². The van der Waals surface area contributed by atoms with Gasteiger partial charge in [-0.2, -0.15) is 0 Å². The summed E-state index contributed by atoms with van der Waals surface area (Å²) in [6.07, 6.45) is 4.13. The zero-order valence-electron chi connectivity index (χ0n) is 8.64. The SMILES string of the molecule is O=Cc1ccccc1C1=CCc2ccsc21. The highest BCUT2D eigenvalue weighted by atomic mass is 32.1. The molecule has 1 aliphatic carbocycles. The number of rotatable bonds is 2. The van der Waals surface area contributed by atoms with Crippen LogP contribution in [0.2, 0.25) is 0 Å². The van der Waals surface area contributed by atoms with E-state index < -0.39 is 0 Å². The molecule has 0 saturated carbocycles. The van der Waals surface area contributed by atoms with Crippen LogP contribution >= 0.6 is 11.3 Å². The maximum absolute atomic E-state index is 11.0. The number of fused-ring (bicyclic) bond motifs is 1. The first-order chi connectivity index (χ1) is 7.90. The van der Waals surface area contributed by atoms with Gasteiger partial charge < -0.3 is 0 Å². The molecule has 1 aromatic heterocycles. The quantitative estimate of drug-likeness (QED) is 0.716. The minimum atomic E-state index is 0.773. The van der Waals surface area contributed by atoms with Crippen molar-refractivity contribution in [2.45, 2.75) is 6.42 Å². The Morgan fingerprint density at radius 1 is 1.19 bits per heavy atom. The molecule has 0 fully saturated rings. The van der Waals surface area contributed by atoms with E-state index >= 15 is 0 Å². The first-order valence-corrected chi connectivity index (χ1v) is 6.09. The van der Waals surface area contributed by atoms with Gasteiger partial charge in [-0.05, 0) is 34.6 Å². The van der Waals surface area contributed by atoms with Gasteiger partial charge in [0, 0.05) is 10.4 Å². The molecular weight excluding hydrogens is 216 g/mol. The molecular formula is C14H10OS. The number of allylic oxidation sites excluding steroid dienone is 1.